The molecule has 0 fully saturated rings. The molecule has 0 radical (unpaired) electrons. The van der Waals surface area contributed by atoms with Crippen LogP contribution in [0.2, 0.25) is 0 Å². The highest BCUT2D eigenvalue weighted by Gasteiger charge is 2.06. The SMILES string of the molecule is CCCNC(=O)CNC(C)CC(C)C. The van der Waals surface area contributed by atoms with Gasteiger partial charge in [0.25, 0.3) is 0 Å². The van der Waals surface area contributed by atoms with E-state index in [4.69, 9.17) is 0 Å². The lowest BCUT2D eigenvalue weighted by atomic mass is 10.1. The fourth-order valence-electron chi connectivity index (χ4n) is 1.38. The van der Waals surface area contributed by atoms with Crippen LogP contribution in [0.25, 0.3) is 0 Å². The summed E-state index contributed by atoms with van der Waals surface area (Å²) in [6.45, 7) is 9.76. The zero-order valence-electron chi connectivity index (χ0n) is 9.89. The Hall–Kier alpha value is -0.570. The van der Waals surface area contributed by atoms with Crippen molar-refractivity contribution in [3.8, 4) is 0 Å². The van der Waals surface area contributed by atoms with Gasteiger partial charge in [-0.25, -0.2) is 0 Å². The van der Waals surface area contributed by atoms with Crippen LogP contribution < -0.4 is 10.6 Å². The molecule has 3 heteroatoms. The van der Waals surface area contributed by atoms with Gasteiger partial charge in [0.2, 0.25) is 5.91 Å². The molecule has 0 aromatic carbocycles. The molecule has 0 saturated heterocycles. The number of carbonyl (C=O) groups excluding carboxylic acids is 1. The molecule has 14 heavy (non-hydrogen) atoms. The Morgan fingerprint density at radius 1 is 1.29 bits per heavy atom. The fourth-order valence-corrected chi connectivity index (χ4v) is 1.38. The van der Waals surface area contributed by atoms with Gasteiger partial charge in [-0.2, -0.15) is 0 Å². The van der Waals surface area contributed by atoms with Crippen LogP contribution in [0, 0.1) is 5.92 Å². The van der Waals surface area contributed by atoms with Crippen molar-refractivity contribution >= 4 is 5.91 Å². The number of nitrogens with one attached hydrogen (secondary N) is 2. The molecule has 0 heterocycles. The van der Waals surface area contributed by atoms with E-state index in [0.717, 1.165) is 19.4 Å². The largest absolute Gasteiger partial charge is 0.355 e. The summed E-state index contributed by atoms with van der Waals surface area (Å²) in [6, 6.07) is 0.419. The minimum Gasteiger partial charge on any atom is -0.355 e. The van der Waals surface area contributed by atoms with E-state index in [-0.39, 0.29) is 5.91 Å². The molecule has 1 amide bonds. The first-order valence-corrected chi connectivity index (χ1v) is 5.56. The summed E-state index contributed by atoms with van der Waals surface area (Å²) in [6.07, 6.45) is 2.11. The highest BCUT2D eigenvalue weighted by Crippen LogP contribution is 2.02. The van der Waals surface area contributed by atoms with E-state index in [1.54, 1.807) is 0 Å². The first-order valence-electron chi connectivity index (χ1n) is 5.56. The van der Waals surface area contributed by atoms with Crippen LogP contribution >= 0.6 is 0 Å². The van der Waals surface area contributed by atoms with Crippen molar-refractivity contribution in [1.29, 1.82) is 0 Å². The van der Waals surface area contributed by atoms with E-state index in [9.17, 15) is 4.79 Å². The molecule has 3 nitrogen and oxygen atoms in total. The maximum absolute atomic E-state index is 11.2. The normalized spacial score (nSPS) is 12.9. The quantitative estimate of drug-likeness (QED) is 0.654. The molecule has 1 unspecified atom stereocenters. The van der Waals surface area contributed by atoms with Gasteiger partial charge in [-0.3, -0.25) is 4.79 Å². The van der Waals surface area contributed by atoms with Gasteiger partial charge in [0.15, 0.2) is 0 Å². The minimum atomic E-state index is 0.0995. The Morgan fingerprint density at radius 3 is 2.43 bits per heavy atom. The lowest BCUT2D eigenvalue weighted by molar-refractivity contribution is -0.120. The molecular formula is C11H24N2O. The fraction of sp³-hybridized carbons (Fsp3) is 0.909. The minimum absolute atomic E-state index is 0.0995. The van der Waals surface area contributed by atoms with Crippen molar-refractivity contribution in [1.82, 2.24) is 10.6 Å². The summed E-state index contributed by atoms with van der Waals surface area (Å²) in [5.41, 5.74) is 0. The number of rotatable bonds is 7. The molecule has 0 aromatic heterocycles. The Bertz CT molecular complexity index is 157. The molecule has 0 aliphatic heterocycles. The summed E-state index contributed by atoms with van der Waals surface area (Å²) < 4.78 is 0. The molecule has 0 saturated carbocycles. The number of amides is 1. The monoisotopic (exact) mass is 200 g/mol. The Balaban J connectivity index is 3.45. The summed E-state index contributed by atoms with van der Waals surface area (Å²) in [5.74, 6) is 0.777. The van der Waals surface area contributed by atoms with E-state index < -0.39 is 0 Å². The second-order valence-corrected chi connectivity index (χ2v) is 4.26. The Kier molecular flexibility index (Phi) is 7.48. The van der Waals surface area contributed by atoms with Crippen LogP contribution in [0.4, 0.5) is 0 Å². The van der Waals surface area contributed by atoms with Gasteiger partial charge in [-0.15, -0.1) is 0 Å². The topological polar surface area (TPSA) is 41.1 Å². The van der Waals surface area contributed by atoms with Crippen molar-refractivity contribution in [3.05, 3.63) is 0 Å². The summed E-state index contributed by atoms with van der Waals surface area (Å²) in [5, 5.41) is 6.05. The van der Waals surface area contributed by atoms with E-state index in [2.05, 4.69) is 38.3 Å². The number of carbonyl (C=O) groups is 1. The molecule has 0 bridgehead atoms. The van der Waals surface area contributed by atoms with Crippen molar-refractivity contribution in [2.75, 3.05) is 13.1 Å². The molecule has 0 rings (SSSR count). The van der Waals surface area contributed by atoms with E-state index in [1.165, 1.54) is 0 Å². The molecule has 0 aliphatic carbocycles. The average molecular weight is 200 g/mol. The lowest BCUT2D eigenvalue weighted by Gasteiger charge is -2.15. The van der Waals surface area contributed by atoms with Crippen LogP contribution in [0.1, 0.15) is 40.5 Å². The molecular weight excluding hydrogens is 176 g/mol. The zero-order chi connectivity index (χ0) is 11.0. The van der Waals surface area contributed by atoms with Gasteiger partial charge in [0, 0.05) is 12.6 Å². The molecule has 0 aromatic rings. The summed E-state index contributed by atoms with van der Waals surface area (Å²) >= 11 is 0. The van der Waals surface area contributed by atoms with Gasteiger partial charge in [-0.1, -0.05) is 20.8 Å². The standard InChI is InChI=1S/C11H24N2O/c1-5-6-12-11(14)8-13-10(4)7-9(2)3/h9-10,13H,5-8H2,1-4H3,(H,12,14). The third-order valence-electron chi connectivity index (χ3n) is 2.01. The third-order valence-corrected chi connectivity index (χ3v) is 2.01. The van der Waals surface area contributed by atoms with Crippen LogP contribution in [-0.2, 0) is 4.79 Å². The predicted molar refractivity (Wildman–Crippen MR) is 60.2 cm³/mol. The smallest absolute Gasteiger partial charge is 0.233 e. The summed E-state index contributed by atoms with van der Waals surface area (Å²) in [7, 11) is 0. The summed E-state index contributed by atoms with van der Waals surface area (Å²) in [4.78, 5) is 11.2. The van der Waals surface area contributed by atoms with Crippen LogP contribution in [0.5, 0.6) is 0 Å². The third kappa shape index (κ3) is 8.05. The Morgan fingerprint density at radius 2 is 1.93 bits per heavy atom. The van der Waals surface area contributed by atoms with Gasteiger partial charge in [0.1, 0.15) is 0 Å². The predicted octanol–water partition coefficient (Wildman–Crippen LogP) is 1.54. The first kappa shape index (κ1) is 13.4. The van der Waals surface area contributed by atoms with Crippen LogP contribution in [0.15, 0.2) is 0 Å². The second-order valence-electron chi connectivity index (χ2n) is 4.26. The van der Waals surface area contributed by atoms with Gasteiger partial charge >= 0.3 is 0 Å². The van der Waals surface area contributed by atoms with E-state index in [1.807, 2.05) is 0 Å². The van der Waals surface area contributed by atoms with Gasteiger partial charge < -0.3 is 10.6 Å². The van der Waals surface area contributed by atoms with Crippen LogP contribution in [0.3, 0.4) is 0 Å². The maximum Gasteiger partial charge on any atom is 0.233 e. The maximum atomic E-state index is 11.2. The molecule has 2 N–H and O–H groups in total. The zero-order valence-corrected chi connectivity index (χ0v) is 9.89. The molecule has 0 spiro atoms. The average Bonchev–Trinajstić information content (AvgIpc) is 2.10. The van der Waals surface area contributed by atoms with Crippen molar-refractivity contribution in [3.63, 3.8) is 0 Å². The van der Waals surface area contributed by atoms with E-state index in [0.29, 0.717) is 18.5 Å². The molecule has 84 valence electrons. The van der Waals surface area contributed by atoms with E-state index >= 15 is 0 Å². The van der Waals surface area contributed by atoms with Crippen molar-refractivity contribution < 1.29 is 4.79 Å². The second kappa shape index (κ2) is 7.80. The highest BCUT2D eigenvalue weighted by atomic mass is 16.1. The lowest BCUT2D eigenvalue weighted by Crippen LogP contribution is -2.38. The molecule has 1 atom stereocenters. The van der Waals surface area contributed by atoms with Crippen molar-refractivity contribution in [2.45, 2.75) is 46.6 Å². The first-order chi connectivity index (χ1) is 6.56. The van der Waals surface area contributed by atoms with Gasteiger partial charge in [0.05, 0.1) is 6.54 Å². The number of hydrogen-bond acceptors (Lipinski definition) is 2. The molecule has 0 aliphatic rings. The van der Waals surface area contributed by atoms with Crippen LogP contribution in [-0.4, -0.2) is 25.0 Å². The van der Waals surface area contributed by atoms with Gasteiger partial charge in [-0.05, 0) is 25.7 Å². The highest BCUT2D eigenvalue weighted by molar-refractivity contribution is 5.77. The number of hydrogen-bond donors (Lipinski definition) is 2. The van der Waals surface area contributed by atoms with Crippen molar-refractivity contribution in [2.24, 2.45) is 5.92 Å². The Labute approximate surface area is 87.6 Å².